The number of ether oxygens (including phenoxy) is 2. The zero-order valence-corrected chi connectivity index (χ0v) is 26.7. The van der Waals surface area contributed by atoms with E-state index in [2.05, 4.69) is 19.2 Å². The molecule has 0 aliphatic carbocycles. The molecule has 232 valence electrons. The first-order chi connectivity index (χ1) is 20.2. The van der Waals surface area contributed by atoms with Crippen molar-refractivity contribution in [1.82, 2.24) is 5.32 Å². The van der Waals surface area contributed by atoms with Gasteiger partial charge in [0.1, 0.15) is 11.0 Å². The van der Waals surface area contributed by atoms with Crippen LogP contribution in [-0.2, 0) is 31.9 Å². The van der Waals surface area contributed by atoms with E-state index < -0.39 is 29.1 Å². The summed E-state index contributed by atoms with van der Waals surface area (Å²) in [4.78, 5) is 44.0. The van der Waals surface area contributed by atoms with Crippen LogP contribution in [0.4, 0.5) is 4.79 Å². The number of rotatable bonds is 11. The van der Waals surface area contributed by atoms with Crippen LogP contribution in [0.3, 0.4) is 0 Å². The third kappa shape index (κ3) is 8.33. The quantitative estimate of drug-likeness (QED) is 0.286. The number of esters is 1. The summed E-state index contributed by atoms with van der Waals surface area (Å²) >= 11 is 0. The van der Waals surface area contributed by atoms with E-state index in [1.807, 2.05) is 62.4 Å². The van der Waals surface area contributed by atoms with Crippen LogP contribution < -0.4 is 5.32 Å². The average molecular weight is 591 g/mol. The highest BCUT2D eigenvalue weighted by atomic mass is 16.6. The van der Waals surface area contributed by atoms with Gasteiger partial charge < -0.3 is 19.9 Å². The molecule has 0 aromatic heterocycles. The number of benzene rings is 2. The van der Waals surface area contributed by atoms with Gasteiger partial charge in [-0.25, -0.2) is 4.79 Å². The molecule has 0 radical (unpaired) electrons. The molecule has 0 fully saturated rings. The number of carbonyl (C=O) groups excluding carboxylic acids is 2. The van der Waals surface area contributed by atoms with Crippen LogP contribution in [0.25, 0.3) is 5.57 Å². The van der Waals surface area contributed by atoms with Crippen molar-refractivity contribution in [2.75, 3.05) is 13.2 Å². The van der Waals surface area contributed by atoms with Gasteiger partial charge in [-0.3, -0.25) is 14.6 Å². The molecule has 8 heteroatoms. The van der Waals surface area contributed by atoms with Crippen LogP contribution in [-0.4, -0.2) is 53.6 Å². The Morgan fingerprint density at radius 1 is 1.05 bits per heavy atom. The fourth-order valence-corrected chi connectivity index (χ4v) is 5.59. The SMILES string of the molecule is CCOC(=O)Cc1ccccc1CC1(C(=O)O)C(c2ccc(C)cc2)=C(CNC(=O)OC(C)(C)C)C(CC(C)C)=NC1C. The highest BCUT2D eigenvalue weighted by molar-refractivity contribution is 6.13. The Morgan fingerprint density at radius 3 is 2.23 bits per heavy atom. The van der Waals surface area contributed by atoms with Crippen LogP contribution in [0.1, 0.15) is 77.1 Å². The molecule has 8 nitrogen and oxygen atoms in total. The number of aryl methyl sites for hydroxylation is 1. The first-order valence-electron chi connectivity index (χ1n) is 15.0. The number of dihydropyridines is 1. The third-order valence-corrected chi connectivity index (χ3v) is 7.52. The number of nitrogens with one attached hydrogen (secondary N) is 1. The van der Waals surface area contributed by atoms with Gasteiger partial charge in [0.15, 0.2) is 0 Å². The summed E-state index contributed by atoms with van der Waals surface area (Å²) in [6, 6.07) is 14.5. The maximum absolute atomic E-state index is 13.7. The topological polar surface area (TPSA) is 114 Å². The summed E-state index contributed by atoms with van der Waals surface area (Å²) in [5.74, 6) is -1.15. The number of carbonyl (C=O) groups is 3. The van der Waals surface area contributed by atoms with Crippen molar-refractivity contribution in [1.29, 1.82) is 0 Å². The molecule has 0 bridgehead atoms. The largest absolute Gasteiger partial charge is 0.481 e. The molecule has 0 saturated carbocycles. The van der Waals surface area contributed by atoms with E-state index in [0.717, 1.165) is 22.4 Å². The Bertz CT molecular complexity index is 1380. The fraction of sp³-hybridized carbons (Fsp3) is 0.486. The summed E-state index contributed by atoms with van der Waals surface area (Å²) in [5.41, 5.74) is 3.10. The number of aliphatic imine (C=N–C) groups is 1. The Kier molecular flexibility index (Phi) is 10.9. The maximum atomic E-state index is 13.7. The minimum atomic E-state index is -1.49. The van der Waals surface area contributed by atoms with Gasteiger partial charge in [-0.2, -0.15) is 0 Å². The molecule has 2 unspecified atom stereocenters. The molecule has 2 aromatic carbocycles. The van der Waals surface area contributed by atoms with Crippen LogP contribution in [0.2, 0.25) is 0 Å². The number of aliphatic carboxylic acids is 1. The van der Waals surface area contributed by atoms with Gasteiger partial charge in [-0.1, -0.05) is 67.9 Å². The van der Waals surface area contributed by atoms with Gasteiger partial charge in [0.05, 0.1) is 19.1 Å². The van der Waals surface area contributed by atoms with Crippen molar-refractivity contribution in [2.24, 2.45) is 16.3 Å². The van der Waals surface area contributed by atoms with Crippen LogP contribution >= 0.6 is 0 Å². The number of nitrogens with zero attached hydrogens (tertiary/aromatic N) is 1. The Labute approximate surface area is 255 Å². The van der Waals surface area contributed by atoms with Gasteiger partial charge in [-0.15, -0.1) is 0 Å². The number of carboxylic acids is 1. The minimum absolute atomic E-state index is 0.0343. The molecule has 1 heterocycles. The first-order valence-corrected chi connectivity index (χ1v) is 15.0. The van der Waals surface area contributed by atoms with Crippen molar-refractivity contribution in [2.45, 2.75) is 86.3 Å². The molecule has 3 rings (SSSR count). The highest BCUT2D eigenvalue weighted by Gasteiger charge is 2.52. The molecule has 2 aromatic rings. The van der Waals surface area contributed by atoms with E-state index in [1.54, 1.807) is 27.7 Å². The lowest BCUT2D eigenvalue weighted by atomic mass is 9.64. The predicted molar refractivity (Wildman–Crippen MR) is 169 cm³/mol. The average Bonchev–Trinajstić information content (AvgIpc) is 2.89. The predicted octanol–water partition coefficient (Wildman–Crippen LogP) is 6.58. The maximum Gasteiger partial charge on any atom is 0.407 e. The standard InChI is InChI=1S/C35H46N2O6/c1-9-42-30(38)19-26-12-10-11-13-27(26)20-35(32(39)40)24(5)37-29(18-22(2)3)28(21-36-33(41)43-34(6,7)8)31(35)25-16-14-23(4)15-17-25/h10-17,22,24H,9,18-21H2,1-8H3,(H,36,41)(H,39,40). The number of amides is 1. The molecule has 43 heavy (non-hydrogen) atoms. The van der Waals surface area contributed by atoms with E-state index in [0.29, 0.717) is 23.1 Å². The van der Waals surface area contributed by atoms with Crippen molar-refractivity contribution < 1.29 is 29.0 Å². The zero-order valence-electron chi connectivity index (χ0n) is 26.7. The van der Waals surface area contributed by atoms with Gasteiger partial charge in [0.25, 0.3) is 0 Å². The minimum Gasteiger partial charge on any atom is -0.481 e. The molecular formula is C35H46N2O6. The van der Waals surface area contributed by atoms with Gasteiger partial charge in [0, 0.05) is 12.3 Å². The lowest BCUT2D eigenvalue weighted by molar-refractivity contribution is -0.146. The number of hydrogen-bond donors (Lipinski definition) is 2. The second-order valence-electron chi connectivity index (χ2n) is 12.6. The molecule has 2 N–H and O–H groups in total. The number of alkyl carbamates (subject to hydrolysis) is 1. The van der Waals surface area contributed by atoms with E-state index in [1.165, 1.54) is 0 Å². The normalized spacial score (nSPS) is 18.7. The summed E-state index contributed by atoms with van der Waals surface area (Å²) in [6.07, 6.45) is 0.148. The molecule has 2 atom stereocenters. The van der Waals surface area contributed by atoms with E-state index in [-0.39, 0.29) is 37.9 Å². The number of hydrogen-bond acceptors (Lipinski definition) is 6. The summed E-state index contributed by atoms with van der Waals surface area (Å²) in [7, 11) is 0. The Hall–Kier alpha value is -3.94. The fourth-order valence-electron chi connectivity index (χ4n) is 5.59. The Balaban J connectivity index is 2.28. The summed E-state index contributed by atoms with van der Waals surface area (Å²) in [5, 5.41) is 14.0. The van der Waals surface area contributed by atoms with Crippen molar-refractivity contribution in [3.8, 4) is 0 Å². The highest BCUT2D eigenvalue weighted by Crippen LogP contribution is 2.48. The van der Waals surface area contributed by atoms with Gasteiger partial charge in [0.2, 0.25) is 0 Å². The van der Waals surface area contributed by atoms with Crippen molar-refractivity contribution in [3.05, 3.63) is 76.4 Å². The smallest absolute Gasteiger partial charge is 0.407 e. The van der Waals surface area contributed by atoms with Gasteiger partial charge in [-0.05, 0) is 88.1 Å². The molecule has 1 aliphatic heterocycles. The second kappa shape index (κ2) is 14.0. The lowest BCUT2D eigenvalue weighted by Gasteiger charge is -2.42. The molecule has 0 saturated heterocycles. The second-order valence-corrected chi connectivity index (χ2v) is 12.6. The van der Waals surface area contributed by atoms with Crippen molar-refractivity contribution in [3.63, 3.8) is 0 Å². The van der Waals surface area contributed by atoms with E-state index in [9.17, 15) is 19.5 Å². The van der Waals surface area contributed by atoms with Crippen molar-refractivity contribution >= 4 is 29.3 Å². The summed E-state index contributed by atoms with van der Waals surface area (Å²) in [6.45, 7) is 15.4. The first kappa shape index (κ1) is 33.6. The zero-order chi connectivity index (χ0) is 31.9. The van der Waals surface area contributed by atoms with Gasteiger partial charge >= 0.3 is 18.0 Å². The lowest BCUT2D eigenvalue weighted by Crippen LogP contribution is -2.48. The number of carboxylic acid groups (broad SMARTS) is 1. The monoisotopic (exact) mass is 590 g/mol. The molecule has 1 aliphatic rings. The molecule has 1 amide bonds. The Morgan fingerprint density at radius 2 is 1.67 bits per heavy atom. The van der Waals surface area contributed by atoms with E-state index in [4.69, 9.17) is 14.5 Å². The van der Waals surface area contributed by atoms with E-state index >= 15 is 0 Å². The van der Waals surface area contributed by atoms with Crippen LogP contribution in [0, 0.1) is 18.3 Å². The molecular weight excluding hydrogens is 544 g/mol. The summed E-state index contributed by atoms with van der Waals surface area (Å²) < 4.78 is 10.7. The van der Waals surface area contributed by atoms with Crippen LogP contribution in [0.15, 0.2) is 59.1 Å². The van der Waals surface area contributed by atoms with Crippen LogP contribution in [0.5, 0.6) is 0 Å². The molecule has 0 spiro atoms. The third-order valence-electron chi connectivity index (χ3n) is 7.52.